The van der Waals surface area contributed by atoms with Gasteiger partial charge in [0.05, 0.1) is 12.7 Å². The number of ether oxygens (including phenoxy) is 1. The molecule has 1 saturated heterocycles. The molecule has 1 aliphatic rings. The van der Waals surface area contributed by atoms with Crippen molar-refractivity contribution < 1.29 is 4.74 Å². The Morgan fingerprint density at radius 1 is 1.32 bits per heavy atom. The van der Waals surface area contributed by atoms with Crippen LogP contribution >= 0.6 is 0 Å². The van der Waals surface area contributed by atoms with Gasteiger partial charge in [-0.15, -0.1) is 0 Å². The lowest BCUT2D eigenvalue weighted by atomic mass is 10.1. The van der Waals surface area contributed by atoms with Crippen LogP contribution in [0.15, 0.2) is 48.9 Å². The molecule has 4 rings (SSSR count). The van der Waals surface area contributed by atoms with Gasteiger partial charge < -0.3 is 9.72 Å². The zero-order chi connectivity index (χ0) is 17.1. The molecule has 1 N–H and O–H groups in total. The quantitative estimate of drug-likeness (QED) is 0.765. The number of aryl methyl sites for hydroxylation is 1. The first-order valence-corrected chi connectivity index (χ1v) is 9.07. The number of pyridine rings is 1. The van der Waals surface area contributed by atoms with Crippen LogP contribution in [0.25, 0.3) is 10.9 Å². The van der Waals surface area contributed by atoms with Crippen molar-refractivity contribution in [3.8, 4) is 0 Å². The molecular formula is C21H25N3O. The van der Waals surface area contributed by atoms with Crippen molar-refractivity contribution in [2.45, 2.75) is 39.0 Å². The van der Waals surface area contributed by atoms with Crippen molar-refractivity contribution >= 4 is 10.9 Å². The van der Waals surface area contributed by atoms with Gasteiger partial charge in [0, 0.05) is 42.6 Å². The fourth-order valence-corrected chi connectivity index (χ4v) is 3.65. The van der Waals surface area contributed by atoms with Gasteiger partial charge in [-0.05, 0) is 55.6 Å². The summed E-state index contributed by atoms with van der Waals surface area (Å²) in [5.41, 5.74) is 5.06. The number of nitrogens with zero attached hydrogens (tertiary/aromatic N) is 2. The molecule has 3 heterocycles. The Bertz CT molecular complexity index is 828. The number of aromatic nitrogens is 2. The van der Waals surface area contributed by atoms with E-state index in [1.807, 2.05) is 12.3 Å². The summed E-state index contributed by atoms with van der Waals surface area (Å²) in [6, 6.07) is 10.6. The molecule has 0 radical (unpaired) electrons. The molecular weight excluding hydrogens is 310 g/mol. The first kappa shape index (κ1) is 16.3. The Hall–Kier alpha value is -2.17. The largest absolute Gasteiger partial charge is 0.372 e. The zero-order valence-electron chi connectivity index (χ0n) is 14.7. The van der Waals surface area contributed by atoms with E-state index in [0.29, 0.717) is 12.7 Å². The minimum absolute atomic E-state index is 0.306. The lowest BCUT2D eigenvalue weighted by molar-refractivity contribution is -0.0120. The van der Waals surface area contributed by atoms with Crippen LogP contribution in [-0.4, -0.2) is 34.1 Å². The maximum atomic E-state index is 6.14. The average molecular weight is 335 g/mol. The molecule has 4 heteroatoms. The van der Waals surface area contributed by atoms with Crippen molar-refractivity contribution in [1.29, 1.82) is 0 Å². The van der Waals surface area contributed by atoms with Gasteiger partial charge in [-0.1, -0.05) is 17.7 Å². The van der Waals surface area contributed by atoms with Gasteiger partial charge in [-0.2, -0.15) is 0 Å². The van der Waals surface area contributed by atoms with Crippen LogP contribution in [0.2, 0.25) is 0 Å². The Labute approximate surface area is 148 Å². The second-order valence-electron chi connectivity index (χ2n) is 7.03. The van der Waals surface area contributed by atoms with Crippen LogP contribution in [0, 0.1) is 6.92 Å². The molecule has 130 valence electrons. The SMILES string of the molecule is Cc1ccc2[nH]cc(CN3CCC[C@H](OCc4cccnc4)C3)c2c1. The van der Waals surface area contributed by atoms with Gasteiger partial charge in [0.1, 0.15) is 0 Å². The third-order valence-corrected chi connectivity index (χ3v) is 4.99. The van der Waals surface area contributed by atoms with E-state index in [9.17, 15) is 0 Å². The number of hydrogen-bond acceptors (Lipinski definition) is 3. The number of nitrogens with one attached hydrogen (secondary N) is 1. The van der Waals surface area contributed by atoms with Gasteiger partial charge in [0.25, 0.3) is 0 Å². The Morgan fingerprint density at radius 3 is 3.16 bits per heavy atom. The molecule has 0 bridgehead atoms. The van der Waals surface area contributed by atoms with Crippen molar-refractivity contribution in [3.05, 3.63) is 65.6 Å². The number of rotatable bonds is 5. The number of fused-ring (bicyclic) bond motifs is 1. The molecule has 1 fully saturated rings. The van der Waals surface area contributed by atoms with Crippen molar-refractivity contribution in [2.24, 2.45) is 0 Å². The van der Waals surface area contributed by atoms with Gasteiger partial charge >= 0.3 is 0 Å². The van der Waals surface area contributed by atoms with Crippen LogP contribution in [-0.2, 0) is 17.9 Å². The summed E-state index contributed by atoms with van der Waals surface area (Å²) >= 11 is 0. The fraction of sp³-hybridized carbons (Fsp3) is 0.381. The summed E-state index contributed by atoms with van der Waals surface area (Å²) < 4.78 is 6.14. The Balaban J connectivity index is 1.38. The third kappa shape index (κ3) is 3.91. The van der Waals surface area contributed by atoms with Crippen LogP contribution in [0.3, 0.4) is 0 Å². The number of aromatic amines is 1. The monoisotopic (exact) mass is 335 g/mol. The van der Waals surface area contributed by atoms with E-state index >= 15 is 0 Å². The summed E-state index contributed by atoms with van der Waals surface area (Å²) in [7, 11) is 0. The molecule has 3 aromatic rings. The number of hydrogen-bond donors (Lipinski definition) is 1. The van der Waals surface area contributed by atoms with E-state index in [1.54, 1.807) is 6.20 Å². The highest BCUT2D eigenvalue weighted by Gasteiger charge is 2.21. The fourth-order valence-electron chi connectivity index (χ4n) is 3.65. The van der Waals surface area contributed by atoms with Gasteiger partial charge in [-0.3, -0.25) is 9.88 Å². The summed E-state index contributed by atoms with van der Waals surface area (Å²) in [6.07, 6.45) is 8.48. The van der Waals surface area contributed by atoms with Crippen LogP contribution in [0.4, 0.5) is 0 Å². The predicted molar refractivity (Wildman–Crippen MR) is 100 cm³/mol. The zero-order valence-corrected chi connectivity index (χ0v) is 14.7. The minimum atomic E-state index is 0.306. The van der Waals surface area contributed by atoms with Crippen molar-refractivity contribution in [1.82, 2.24) is 14.9 Å². The Kier molecular flexibility index (Phi) is 4.81. The molecule has 1 aliphatic heterocycles. The lowest BCUT2D eigenvalue weighted by Gasteiger charge is -2.32. The standard InChI is InChI=1S/C21H25N3O/c1-16-6-7-21-20(10-16)18(12-23-21)13-24-9-3-5-19(14-24)25-15-17-4-2-8-22-11-17/h2,4,6-8,10-12,19,23H,3,5,9,13-15H2,1H3/t19-/m0/s1. The normalized spacial score (nSPS) is 18.7. The summed E-state index contributed by atoms with van der Waals surface area (Å²) in [6.45, 7) is 5.93. The maximum absolute atomic E-state index is 6.14. The second-order valence-corrected chi connectivity index (χ2v) is 7.03. The van der Waals surface area contributed by atoms with E-state index in [2.05, 4.69) is 52.3 Å². The molecule has 4 nitrogen and oxygen atoms in total. The Morgan fingerprint density at radius 2 is 2.28 bits per heavy atom. The van der Waals surface area contributed by atoms with Gasteiger partial charge in [0.15, 0.2) is 0 Å². The molecule has 2 aromatic heterocycles. The molecule has 0 saturated carbocycles. The number of H-pyrrole nitrogens is 1. The maximum Gasteiger partial charge on any atom is 0.0736 e. The van der Waals surface area contributed by atoms with E-state index in [1.165, 1.54) is 28.5 Å². The van der Waals surface area contributed by atoms with Gasteiger partial charge in [-0.25, -0.2) is 0 Å². The molecule has 25 heavy (non-hydrogen) atoms. The van der Waals surface area contributed by atoms with Crippen molar-refractivity contribution in [2.75, 3.05) is 13.1 Å². The van der Waals surface area contributed by atoms with E-state index in [-0.39, 0.29) is 0 Å². The van der Waals surface area contributed by atoms with E-state index in [4.69, 9.17) is 4.74 Å². The molecule has 1 atom stereocenters. The van der Waals surface area contributed by atoms with Gasteiger partial charge in [0.2, 0.25) is 0 Å². The average Bonchev–Trinajstić information content (AvgIpc) is 3.03. The summed E-state index contributed by atoms with van der Waals surface area (Å²) in [5.74, 6) is 0. The van der Waals surface area contributed by atoms with Crippen LogP contribution in [0.1, 0.15) is 29.5 Å². The predicted octanol–water partition coefficient (Wildman–Crippen LogP) is 4.05. The van der Waals surface area contributed by atoms with Crippen LogP contribution < -0.4 is 0 Å². The highest BCUT2D eigenvalue weighted by atomic mass is 16.5. The highest BCUT2D eigenvalue weighted by Crippen LogP contribution is 2.23. The van der Waals surface area contributed by atoms with E-state index in [0.717, 1.165) is 31.6 Å². The molecule has 0 spiro atoms. The molecule has 0 aliphatic carbocycles. The topological polar surface area (TPSA) is 41.2 Å². The molecule has 0 amide bonds. The summed E-state index contributed by atoms with van der Waals surface area (Å²) in [4.78, 5) is 10.1. The molecule has 0 unspecified atom stereocenters. The number of benzene rings is 1. The number of piperidine rings is 1. The number of likely N-dealkylation sites (tertiary alicyclic amines) is 1. The first-order chi connectivity index (χ1) is 12.3. The first-order valence-electron chi connectivity index (χ1n) is 9.07. The third-order valence-electron chi connectivity index (χ3n) is 4.99. The van der Waals surface area contributed by atoms with Crippen LogP contribution in [0.5, 0.6) is 0 Å². The molecule has 1 aromatic carbocycles. The summed E-state index contributed by atoms with van der Waals surface area (Å²) in [5, 5.41) is 1.35. The highest BCUT2D eigenvalue weighted by molar-refractivity contribution is 5.83. The second kappa shape index (κ2) is 7.38. The smallest absolute Gasteiger partial charge is 0.0736 e. The lowest BCUT2D eigenvalue weighted by Crippen LogP contribution is -2.39. The van der Waals surface area contributed by atoms with E-state index < -0.39 is 0 Å². The minimum Gasteiger partial charge on any atom is -0.372 e. The van der Waals surface area contributed by atoms with Crippen molar-refractivity contribution in [3.63, 3.8) is 0 Å².